The lowest BCUT2D eigenvalue weighted by atomic mass is 10.0. The number of anilines is 1. The minimum Gasteiger partial charge on any atom is -0.392 e. The van der Waals surface area contributed by atoms with Gasteiger partial charge in [0.25, 0.3) is 0 Å². The van der Waals surface area contributed by atoms with Crippen molar-refractivity contribution in [3.05, 3.63) is 29.3 Å². The van der Waals surface area contributed by atoms with Gasteiger partial charge in [0.05, 0.1) is 22.9 Å². The highest BCUT2D eigenvalue weighted by Crippen LogP contribution is 2.30. The van der Waals surface area contributed by atoms with Gasteiger partial charge < -0.3 is 10.0 Å². The van der Waals surface area contributed by atoms with E-state index in [1.165, 1.54) is 0 Å². The Kier molecular flexibility index (Phi) is 3.96. The van der Waals surface area contributed by atoms with Gasteiger partial charge in [0.1, 0.15) is 0 Å². The van der Waals surface area contributed by atoms with Gasteiger partial charge in [0.2, 0.25) is 5.91 Å². The second-order valence-electron chi connectivity index (χ2n) is 5.54. The molecule has 4 nitrogen and oxygen atoms in total. The first-order valence-electron chi connectivity index (χ1n) is 7.15. The molecule has 0 aromatic heterocycles. The van der Waals surface area contributed by atoms with E-state index in [0.717, 1.165) is 38.0 Å². The number of carbonyl (C=O) groups is 1. The molecule has 3 rings (SSSR count). The number of hydrogen-bond acceptors (Lipinski definition) is 3. The smallest absolute Gasteiger partial charge is 0.244 e. The average molecular weight is 295 g/mol. The monoisotopic (exact) mass is 294 g/mol. The first-order chi connectivity index (χ1) is 9.66. The Bertz CT molecular complexity index is 508. The van der Waals surface area contributed by atoms with E-state index in [0.29, 0.717) is 11.6 Å². The van der Waals surface area contributed by atoms with E-state index in [1.54, 1.807) is 4.90 Å². The van der Waals surface area contributed by atoms with Crippen LogP contribution in [0.25, 0.3) is 0 Å². The molecule has 2 atom stereocenters. The topological polar surface area (TPSA) is 43.8 Å². The molecule has 2 fully saturated rings. The van der Waals surface area contributed by atoms with E-state index in [-0.39, 0.29) is 18.1 Å². The molecule has 1 N–H and O–H groups in total. The molecule has 1 aromatic carbocycles. The minimum atomic E-state index is -0.293. The number of hydrogen-bond donors (Lipinski definition) is 1. The van der Waals surface area contributed by atoms with Crippen LogP contribution in [0.4, 0.5) is 5.69 Å². The Balaban J connectivity index is 1.80. The SMILES string of the molecule is O=C1C(N2CC[C@H](O)C2)CCCN1c1ccccc1Cl. The van der Waals surface area contributed by atoms with Crippen LogP contribution >= 0.6 is 11.6 Å². The summed E-state index contributed by atoms with van der Waals surface area (Å²) in [5.74, 6) is 0.110. The number of para-hydroxylation sites is 1. The highest BCUT2D eigenvalue weighted by molar-refractivity contribution is 6.33. The zero-order chi connectivity index (χ0) is 14.1. The normalized spacial score (nSPS) is 28.1. The molecule has 2 heterocycles. The summed E-state index contributed by atoms with van der Waals surface area (Å²) < 4.78 is 0. The van der Waals surface area contributed by atoms with Crippen LogP contribution in [-0.2, 0) is 4.79 Å². The first kappa shape index (κ1) is 13.9. The van der Waals surface area contributed by atoms with E-state index in [4.69, 9.17) is 11.6 Å². The lowest BCUT2D eigenvalue weighted by molar-refractivity contribution is -0.125. The zero-order valence-corrected chi connectivity index (χ0v) is 12.1. The summed E-state index contributed by atoms with van der Waals surface area (Å²) in [5.41, 5.74) is 0.795. The van der Waals surface area contributed by atoms with Gasteiger partial charge in [-0.2, -0.15) is 0 Å². The van der Waals surface area contributed by atoms with Crippen molar-refractivity contribution in [2.24, 2.45) is 0 Å². The summed E-state index contributed by atoms with van der Waals surface area (Å²) in [6, 6.07) is 7.36. The third-order valence-electron chi connectivity index (χ3n) is 4.19. The van der Waals surface area contributed by atoms with Gasteiger partial charge >= 0.3 is 0 Å². The maximum atomic E-state index is 12.7. The molecule has 0 aliphatic carbocycles. The lowest BCUT2D eigenvalue weighted by Crippen LogP contribution is -2.52. The van der Waals surface area contributed by atoms with Crippen LogP contribution in [0, 0.1) is 0 Å². The summed E-state index contributed by atoms with van der Waals surface area (Å²) in [7, 11) is 0. The maximum Gasteiger partial charge on any atom is 0.244 e. The molecular weight excluding hydrogens is 276 g/mol. The van der Waals surface area contributed by atoms with Gasteiger partial charge in [-0.15, -0.1) is 0 Å². The molecule has 20 heavy (non-hydrogen) atoms. The van der Waals surface area contributed by atoms with E-state index in [2.05, 4.69) is 4.90 Å². The molecule has 0 saturated carbocycles. The Labute approximate surface area is 123 Å². The van der Waals surface area contributed by atoms with E-state index in [9.17, 15) is 9.90 Å². The molecule has 0 spiro atoms. The number of amides is 1. The number of halogens is 1. The number of aliphatic hydroxyl groups excluding tert-OH is 1. The van der Waals surface area contributed by atoms with Crippen LogP contribution in [0.2, 0.25) is 5.02 Å². The summed E-state index contributed by atoms with van der Waals surface area (Å²) in [6.07, 6.45) is 2.30. The van der Waals surface area contributed by atoms with Crippen LogP contribution < -0.4 is 4.90 Å². The van der Waals surface area contributed by atoms with Crippen molar-refractivity contribution >= 4 is 23.2 Å². The van der Waals surface area contributed by atoms with Crippen molar-refractivity contribution in [2.75, 3.05) is 24.5 Å². The number of rotatable bonds is 2. The minimum absolute atomic E-state index is 0.110. The van der Waals surface area contributed by atoms with Gasteiger partial charge in [-0.1, -0.05) is 23.7 Å². The van der Waals surface area contributed by atoms with Gasteiger partial charge in [-0.3, -0.25) is 9.69 Å². The number of carbonyl (C=O) groups excluding carboxylic acids is 1. The van der Waals surface area contributed by atoms with Gasteiger partial charge in [-0.05, 0) is 31.4 Å². The predicted molar refractivity (Wildman–Crippen MR) is 79.0 cm³/mol. The Morgan fingerprint density at radius 1 is 1.20 bits per heavy atom. The quantitative estimate of drug-likeness (QED) is 0.906. The molecule has 2 aliphatic heterocycles. The number of β-amino-alcohol motifs (C(OH)–C–C–N with tert-alkyl or cyclic N) is 1. The summed E-state index contributed by atoms with van der Waals surface area (Å²) in [4.78, 5) is 16.6. The van der Waals surface area contributed by atoms with Crippen molar-refractivity contribution in [3.8, 4) is 0 Å². The largest absolute Gasteiger partial charge is 0.392 e. The van der Waals surface area contributed by atoms with Crippen molar-refractivity contribution < 1.29 is 9.90 Å². The van der Waals surface area contributed by atoms with Crippen LogP contribution in [-0.4, -0.2) is 47.7 Å². The van der Waals surface area contributed by atoms with Crippen LogP contribution in [0.3, 0.4) is 0 Å². The second-order valence-corrected chi connectivity index (χ2v) is 5.94. The second kappa shape index (κ2) is 5.72. The van der Waals surface area contributed by atoms with Crippen LogP contribution in [0.5, 0.6) is 0 Å². The number of nitrogens with zero attached hydrogens (tertiary/aromatic N) is 2. The fourth-order valence-corrected chi connectivity index (χ4v) is 3.39. The Morgan fingerprint density at radius 3 is 2.70 bits per heavy atom. The van der Waals surface area contributed by atoms with Crippen molar-refractivity contribution in [3.63, 3.8) is 0 Å². The van der Waals surface area contributed by atoms with E-state index in [1.807, 2.05) is 24.3 Å². The van der Waals surface area contributed by atoms with Gasteiger partial charge in [0.15, 0.2) is 0 Å². The average Bonchev–Trinajstić information content (AvgIpc) is 2.86. The molecule has 1 amide bonds. The van der Waals surface area contributed by atoms with E-state index < -0.39 is 0 Å². The third-order valence-corrected chi connectivity index (χ3v) is 4.51. The van der Waals surface area contributed by atoms with Crippen molar-refractivity contribution in [2.45, 2.75) is 31.4 Å². The molecule has 0 bridgehead atoms. The lowest BCUT2D eigenvalue weighted by Gasteiger charge is -2.37. The molecule has 2 aliphatic rings. The Hall–Kier alpha value is -1.10. The highest BCUT2D eigenvalue weighted by Gasteiger charge is 2.37. The maximum absolute atomic E-state index is 12.7. The molecule has 108 valence electrons. The fourth-order valence-electron chi connectivity index (χ4n) is 3.16. The molecule has 5 heteroatoms. The zero-order valence-electron chi connectivity index (χ0n) is 11.3. The predicted octanol–water partition coefficient (Wildman–Crippen LogP) is 1.90. The van der Waals surface area contributed by atoms with Crippen molar-refractivity contribution in [1.82, 2.24) is 4.90 Å². The molecule has 0 radical (unpaired) electrons. The summed E-state index contributed by atoms with van der Waals surface area (Å²) >= 11 is 6.21. The summed E-state index contributed by atoms with van der Waals surface area (Å²) in [6.45, 7) is 2.12. The summed E-state index contributed by atoms with van der Waals surface area (Å²) in [5, 5.41) is 10.3. The van der Waals surface area contributed by atoms with Gasteiger partial charge in [-0.25, -0.2) is 0 Å². The first-order valence-corrected chi connectivity index (χ1v) is 7.52. The van der Waals surface area contributed by atoms with Crippen LogP contribution in [0.15, 0.2) is 24.3 Å². The van der Waals surface area contributed by atoms with Gasteiger partial charge in [0, 0.05) is 19.6 Å². The number of benzene rings is 1. The molecular formula is C15H19ClN2O2. The molecule has 2 saturated heterocycles. The number of likely N-dealkylation sites (tertiary alicyclic amines) is 1. The number of aliphatic hydroxyl groups is 1. The molecule has 1 aromatic rings. The highest BCUT2D eigenvalue weighted by atomic mass is 35.5. The standard InChI is InChI=1S/C15H19ClN2O2/c16-12-4-1-2-5-13(12)18-8-3-6-14(15(18)20)17-9-7-11(19)10-17/h1-2,4-5,11,14,19H,3,6-10H2/t11-,14?/m0/s1. The molecule has 1 unspecified atom stereocenters. The van der Waals surface area contributed by atoms with Crippen molar-refractivity contribution in [1.29, 1.82) is 0 Å². The number of piperidine rings is 1. The van der Waals surface area contributed by atoms with E-state index >= 15 is 0 Å². The fraction of sp³-hybridized carbons (Fsp3) is 0.533. The Morgan fingerprint density at radius 2 is 2.00 bits per heavy atom. The third kappa shape index (κ3) is 2.55. The van der Waals surface area contributed by atoms with Crippen LogP contribution in [0.1, 0.15) is 19.3 Å².